The van der Waals surface area contributed by atoms with E-state index in [1.165, 1.54) is 20.8 Å². The fraction of sp³-hybridized carbons (Fsp3) is 0.750. The summed E-state index contributed by atoms with van der Waals surface area (Å²) >= 11 is 0. The predicted molar refractivity (Wildman–Crippen MR) is 94.6 cm³/mol. The molecule has 158 valence electrons. The second-order valence-corrected chi connectivity index (χ2v) is 9.17. The van der Waals surface area contributed by atoms with Crippen molar-refractivity contribution in [3.05, 3.63) is 33.1 Å². The molecule has 0 aromatic carbocycles. The number of phosphoric acid groups is 1. The second-order valence-electron chi connectivity index (χ2n) is 7.62. The fourth-order valence-corrected chi connectivity index (χ4v) is 4.82. The van der Waals surface area contributed by atoms with Crippen molar-refractivity contribution in [1.82, 2.24) is 9.55 Å². The Morgan fingerprint density at radius 1 is 1.36 bits per heavy atom. The molecule has 1 aromatic rings. The van der Waals surface area contributed by atoms with Gasteiger partial charge < -0.3 is 9.47 Å². The van der Waals surface area contributed by atoms with E-state index >= 15 is 4.39 Å². The first-order chi connectivity index (χ1) is 12.8. The second kappa shape index (κ2) is 7.16. The summed E-state index contributed by atoms with van der Waals surface area (Å²) in [7, 11) is -4.00. The Bertz CT molecular complexity index is 895. The van der Waals surface area contributed by atoms with Crippen molar-refractivity contribution in [1.29, 1.82) is 0 Å². The molecule has 3 heterocycles. The third kappa shape index (κ3) is 4.14. The molecular formula is C16H24FN2O8P. The van der Waals surface area contributed by atoms with Crippen LogP contribution in [0.4, 0.5) is 4.39 Å². The number of nitrogens with one attached hydrogen (secondary N) is 1. The van der Waals surface area contributed by atoms with E-state index in [2.05, 4.69) is 4.98 Å². The molecule has 0 amide bonds. The highest BCUT2D eigenvalue weighted by Gasteiger charge is 2.60. The highest BCUT2D eigenvalue weighted by Crippen LogP contribution is 2.57. The number of alkyl halides is 1. The number of halogens is 1. The lowest BCUT2D eigenvalue weighted by atomic mass is 9.98. The Hall–Kier alpha value is -1.36. The smallest absolute Gasteiger partial charge is 0.346 e. The van der Waals surface area contributed by atoms with Crippen LogP contribution in [0, 0.1) is 0 Å². The first-order valence-electron chi connectivity index (χ1n) is 8.80. The van der Waals surface area contributed by atoms with Crippen molar-refractivity contribution >= 4 is 7.82 Å². The van der Waals surface area contributed by atoms with Gasteiger partial charge in [0.2, 0.25) is 0 Å². The summed E-state index contributed by atoms with van der Waals surface area (Å²) in [5.74, 6) is -1.53. The van der Waals surface area contributed by atoms with Crippen LogP contribution in [-0.2, 0) is 27.6 Å². The van der Waals surface area contributed by atoms with E-state index in [1.54, 1.807) is 13.8 Å². The third-order valence-electron chi connectivity index (χ3n) is 4.26. The Balaban J connectivity index is 1.95. The molecule has 5 atom stereocenters. The van der Waals surface area contributed by atoms with Gasteiger partial charge >= 0.3 is 13.5 Å². The lowest BCUT2D eigenvalue weighted by Crippen LogP contribution is -2.50. The quantitative estimate of drug-likeness (QED) is 0.734. The zero-order valence-corrected chi connectivity index (χ0v) is 17.1. The van der Waals surface area contributed by atoms with Crippen molar-refractivity contribution in [2.45, 2.75) is 70.6 Å². The van der Waals surface area contributed by atoms with Crippen molar-refractivity contribution in [3.8, 4) is 0 Å². The molecule has 0 bridgehead atoms. The van der Waals surface area contributed by atoms with Crippen molar-refractivity contribution in [3.63, 3.8) is 0 Å². The van der Waals surface area contributed by atoms with E-state index < -0.39 is 55.1 Å². The minimum absolute atomic E-state index is 0.348. The number of ether oxygens (including phenoxy) is 2. The molecule has 12 heteroatoms. The number of hydrogen-bond donors (Lipinski definition) is 1. The molecule has 3 rings (SSSR count). The number of aromatic nitrogens is 2. The summed E-state index contributed by atoms with van der Waals surface area (Å²) in [4.78, 5) is 25.5. The van der Waals surface area contributed by atoms with Gasteiger partial charge in [0.1, 0.15) is 12.2 Å². The van der Waals surface area contributed by atoms with Crippen LogP contribution in [0.3, 0.4) is 0 Å². The molecule has 0 aliphatic carbocycles. The molecular weight excluding hydrogens is 398 g/mol. The summed E-state index contributed by atoms with van der Waals surface area (Å²) in [6.07, 6.45) is -2.95. The number of fused-ring (bicyclic) bond motifs is 1. The average molecular weight is 422 g/mol. The zero-order chi connectivity index (χ0) is 20.9. The summed E-state index contributed by atoms with van der Waals surface area (Å²) < 4.78 is 57.0. The number of aromatic amines is 1. The van der Waals surface area contributed by atoms with Gasteiger partial charge in [0.15, 0.2) is 17.7 Å². The Labute approximate surface area is 160 Å². The highest BCUT2D eigenvalue weighted by molar-refractivity contribution is 7.48. The van der Waals surface area contributed by atoms with Crippen LogP contribution < -0.4 is 11.2 Å². The Kier molecular flexibility index (Phi) is 5.46. The molecule has 2 aliphatic heterocycles. The molecule has 2 aliphatic rings. The van der Waals surface area contributed by atoms with E-state index in [-0.39, 0.29) is 6.61 Å². The molecule has 10 nitrogen and oxygen atoms in total. The molecule has 2 saturated heterocycles. The third-order valence-corrected chi connectivity index (χ3v) is 6.07. The monoisotopic (exact) mass is 422 g/mol. The van der Waals surface area contributed by atoms with Gasteiger partial charge in [-0.25, -0.2) is 13.8 Å². The van der Waals surface area contributed by atoms with Gasteiger partial charge in [0, 0.05) is 12.3 Å². The van der Waals surface area contributed by atoms with E-state index in [1.807, 2.05) is 0 Å². The number of hydrogen-bond acceptors (Lipinski definition) is 8. The maximum atomic E-state index is 15.7. The van der Waals surface area contributed by atoms with Crippen molar-refractivity contribution in [2.24, 2.45) is 0 Å². The van der Waals surface area contributed by atoms with Crippen LogP contribution in [0.2, 0.25) is 0 Å². The van der Waals surface area contributed by atoms with E-state index in [4.69, 9.17) is 23.0 Å². The van der Waals surface area contributed by atoms with Gasteiger partial charge in [-0.1, -0.05) is 0 Å². The van der Waals surface area contributed by atoms with E-state index in [0.717, 1.165) is 16.8 Å². The van der Waals surface area contributed by atoms with E-state index in [0.29, 0.717) is 0 Å². The zero-order valence-electron chi connectivity index (χ0n) is 16.2. The van der Waals surface area contributed by atoms with Gasteiger partial charge in [-0.3, -0.25) is 27.9 Å². The summed E-state index contributed by atoms with van der Waals surface area (Å²) in [5.41, 5.74) is -3.65. The maximum absolute atomic E-state index is 15.7. The summed E-state index contributed by atoms with van der Waals surface area (Å²) in [5, 5.41) is 0. The molecule has 2 unspecified atom stereocenters. The van der Waals surface area contributed by atoms with Gasteiger partial charge in [-0.05, 0) is 34.6 Å². The average Bonchev–Trinajstić information content (AvgIpc) is 2.74. The number of phosphoric ester groups is 1. The molecule has 0 saturated carbocycles. The number of H-pyrrole nitrogens is 1. The van der Waals surface area contributed by atoms with Crippen LogP contribution in [0.15, 0.2) is 21.9 Å². The molecule has 2 fully saturated rings. The van der Waals surface area contributed by atoms with Gasteiger partial charge in [-0.2, -0.15) is 0 Å². The maximum Gasteiger partial charge on any atom is 0.477 e. The Morgan fingerprint density at radius 3 is 2.64 bits per heavy atom. The lowest BCUT2D eigenvalue weighted by molar-refractivity contribution is -0.238. The first-order valence-corrected chi connectivity index (χ1v) is 10.3. The minimum atomic E-state index is -4.00. The first kappa shape index (κ1) is 21.4. The van der Waals surface area contributed by atoms with Gasteiger partial charge in [0.25, 0.3) is 5.56 Å². The SMILES string of the molecule is CC(C)OP1(=O)OC[C@H]2O[C@@H](n3ccc(=O)[nH]c3=O)[C@@](C)(F)C2OC(C)(C)O1. The molecule has 28 heavy (non-hydrogen) atoms. The summed E-state index contributed by atoms with van der Waals surface area (Å²) in [6, 6.07) is 1.08. The number of nitrogens with zero attached hydrogens (tertiary/aromatic N) is 1. The molecule has 0 radical (unpaired) electrons. The molecule has 1 N–H and O–H groups in total. The Morgan fingerprint density at radius 2 is 2.04 bits per heavy atom. The highest BCUT2D eigenvalue weighted by atomic mass is 31.2. The van der Waals surface area contributed by atoms with Gasteiger partial charge in [0.05, 0.1) is 12.7 Å². The van der Waals surface area contributed by atoms with Crippen LogP contribution >= 0.6 is 7.82 Å². The standard InChI is InChI=1S/C16H24FN2O8P/c1-9(2)26-28(22)23-8-10-12(25-15(3,4)27-28)16(5,17)13(24-10)19-7-6-11(20)18-14(19)21/h6-7,9-10,12-13H,8H2,1-5H3,(H,18,20,21)/t10-,12?,13-,16+,28?/m1/s1. The summed E-state index contributed by atoms with van der Waals surface area (Å²) in [6.45, 7) is 7.08. The normalized spacial score (nSPS) is 38.0. The largest absolute Gasteiger partial charge is 0.477 e. The topological polar surface area (TPSA) is 118 Å². The van der Waals surface area contributed by atoms with Gasteiger partial charge in [-0.15, -0.1) is 0 Å². The minimum Gasteiger partial charge on any atom is -0.346 e. The van der Waals surface area contributed by atoms with Crippen molar-refractivity contribution < 1.29 is 32.0 Å². The van der Waals surface area contributed by atoms with Crippen LogP contribution in [0.5, 0.6) is 0 Å². The molecule has 0 spiro atoms. The van der Waals surface area contributed by atoms with Crippen LogP contribution in [0.1, 0.15) is 40.8 Å². The number of rotatable bonds is 3. The van der Waals surface area contributed by atoms with Crippen molar-refractivity contribution in [2.75, 3.05) is 6.61 Å². The van der Waals surface area contributed by atoms with E-state index in [9.17, 15) is 14.2 Å². The fourth-order valence-electron chi connectivity index (χ4n) is 3.24. The predicted octanol–water partition coefficient (Wildman–Crippen LogP) is 1.86. The lowest BCUT2D eigenvalue weighted by Gasteiger charge is -2.38. The van der Waals surface area contributed by atoms with Crippen LogP contribution in [-0.4, -0.2) is 45.9 Å². The molecule has 1 aromatic heterocycles. The van der Waals surface area contributed by atoms with Crippen LogP contribution in [0.25, 0.3) is 0 Å².